The molecular weight excluding hydrogens is 232 g/mol. The molecule has 1 heterocycles. The molecule has 0 bridgehead atoms. The Morgan fingerprint density at radius 3 is 2.61 bits per heavy atom. The zero-order valence-electron chi connectivity index (χ0n) is 11.3. The van der Waals surface area contributed by atoms with E-state index in [1.165, 1.54) is 7.11 Å². The van der Waals surface area contributed by atoms with E-state index < -0.39 is 0 Å². The summed E-state index contributed by atoms with van der Waals surface area (Å²) in [5.41, 5.74) is 0. The number of hydrogen-bond donors (Lipinski definition) is 2. The van der Waals surface area contributed by atoms with E-state index in [0.29, 0.717) is 18.8 Å². The van der Waals surface area contributed by atoms with Crippen LogP contribution >= 0.6 is 0 Å². The van der Waals surface area contributed by atoms with Crippen molar-refractivity contribution in [2.24, 2.45) is 0 Å². The number of nitrogens with zero attached hydrogens (tertiary/aromatic N) is 2. The molecule has 6 nitrogen and oxygen atoms in total. The summed E-state index contributed by atoms with van der Waals surface area (Å²) in [6, 6.07) is 1.81. The number of anilines is 2. The molecule has 6 heteroatoms. The molecule has 0 unspecified atom stereocenters. The Hall–Kier alpha value is -1.85. The molecule has 0 spiro atoms. The summed E-state index contributed by atoms with van der Waals surface area (Å²) >= 11 is 0. The van der Waals surface area contributed by atoms with Gasteiger partial charge in [-0.15, -0.1) is 0 Å². The lowest BCUT2D eigenvalue weighted by molar-refractivity contribution is -0.140. The van der Waals surface area contributed by atoms with Gasteiger partial charge in [0.05, 0.1) is 13.5 Å². The normalized spacial score (nSPS) is 10.3. The van der Waals surface area contributed by atoms with Crippen molar-refractivity contribution < 1.29 is 9.53 Å². The van der Waals surface area contributed by atoms with Crippen molar-refractivity contribution >= 4 is 17.6 Å². The van der Waals surface area contributed by atoms with Crippen LogP contribution in [0.4, 0.5) is 11.6 Å². The Morgan fingerprint density at radius 2 is 2.06 bits per heavy atom. The van der Waals surface area contributed by atoms with Crippen molar-refractivity contribution in [3.63, 3.8) is 0 Å². The van der Waals surface area contributed by atoms with Crippen molar-refractivity contribution in [2.75, 3.05) is 31.3 Å². The quantitative estimate of drug-likeness (QED) is 0.749. The first-order chi connectivity index (χ1) is 8.56. The number of ether oxygens (including phenoxy) is 1. The minimum atomic E-state index is -0.241. The summed E-state index contributed by atoms with van der Waals surface area (Å²) in [7, 11) is 3.19. The number of carbonyl (C=O) groups is 1. The highest BCUT2D eigenvalue weighted by Crippen LogP contribution is 2.16. The van der Waals surface area contributed by atoms with Crippen LogP contribution in [0.1, 0.15) is 32.0 Å². The van der Waals surface area contributed by atoms with E-state index in [-0.39, 0.29) is 11.9 Å². The van der Waals surface area contributed by atoms with Gasteiger partial charge in [-0.3, -0.25) is 4.79 Å². The standard InChI is InChI=1S/C12H20N4O2/c1-8(2)12-15-9(13-3)7-10(16-12)14-6-5-11(17)18-4/h7-8H,5-6H2,1-4H3,(H2,13,14,15,16). The topological polar surface area (TPSA) is 76.1 Å². The van der Waals surface area contributed by atoms with E-state index in [4.69, 9.17) is 0 Å². The van der Waals surface area contributed by atoms with Gasteiger partial charge in [-0.25, -0.2) is 9.97 Å². The lowest BCUT2D eigenvalue weighted by atomic mass is 10.2. The van der Waals surface area contributed by atoms with Crippen molar-refractivity contribution in [2.45, 2.75) is 26.2 Å². The van der Waals surface area contributed by atoms with Gasteiger partial charge < -0.3 is 15.4 Å². The molecule has 0 fully saturated rings. The van der Waals surface area contributed by atoms with Crippen LogP contribution in [0.5, 0.6) is 0 Å². The van der Waals surface area contributed by atoms with Gasteiger partial charge in [-0.1, -0.05) is 13.8 Å². The number of esters is 1. The van der Waals surface area contributed by atoms with Gasteiger partial charge in [0.2, 0.25) is 0 Å². The van der Waals surface area contributed by atoms with Crippen molar-refractivity contribution in [3.05, 3.63) is 11.9 Å². The third-order valence-electron chi connectivity index (χ3n) is 2.38. The van der Waals surface area contributed by atoms with Crippen LogP contribution in [0.2, 0.25) is 0 Å². The van der Waals surface area contributed by atoms with E-state index in [0.717, 1.165) is 11.6 Å². The number of aromatic nitrogens is 2. The molecule has 1 aromatic rings. The number of carbonyl (C=O) groups excluding carboxylic acids is 1. The molecule has 0 aliphatic heterocycles. The van der Waals surface area contributed by atoms with Crippen LogP contribution in [-0.2, 0) is 9.53 Å². The predicted octanol–water partition coefficient (Wildman–Crippen LogP) is 1.62. The largest absolute Gasteiger partial charge is 0.469 e. The van der Waals surface area contributed by atoms with E-state index in [1.807, 2.05) is 27.0 Å². The van der Waals surface area contributed by atoms with Crippen LogP contribution < -0.4 is 10.6 Å². The molecule has 0 aliphatic carbocycles. The first kappa shape index (κ1) is 14.2. The third-order valence-corrected chi connectivity index (χ3v) is 2.38. The Labute approximate surface area is 107 Å². The second kappa shape index (κ2) is 6.78. The Balaban J connectivity index is 2.69. The highest BCUT2D eigenvalue weighted by atomic mass is 16.5. The van der Waals surface area contributed by atoms with Gasteiger partial charge in [0, 0.05) is 25.6 Å². The van der Waals surface area contributed by atoms with Crippen molar-refractivity contribution in [1.29, 1.82) is 0 Å². The van der Waals surface area contributed by atoms with Crippen LogP contribution in [0.3, 0.4) is 0 Å². The summed E-state index contributed by atoms with van der Waals surface area (Å²) < 4.78 is 4.57. The van der Waals surface area contributed by atoms with E-state index in [9.17, 15) is 4.79 Å². The Morgan fingerprint density at radius 1 is 1.39 bits per heavy atom. The van der Waals surface area contributed by atoms with Gasteiger partial charge >= 0.3 is 5.97 Å². The number of hydrogen-bond acceptors (Lipinski definition) is 6. The average molecular weight is 252 g/mol. The smallest absolute Gasteiger partial charge is 0.307 e. The lowest BCUT2D eigenvalue weighted by Gasteiger charge is -2.11. The van der Waals surface area contributed by atoms with E-state index >= 15 is 0 Å². The van der Waals surface area contributed by atoms with Crippen molar-refractivity contribution in [3.8, 4) is 0 Å². The fraction of sp³-hybridized carbons (Fsp3) is 0.583. The van der Waals surface area contributed by atoms with Crippen LogP contribution in [0.15, 0.2) is 6.07 Å². The maximum atomic E-state index is 11.0. The maximum absolute atomic E-state index is 11.0. The molecule has 0 aliphatic rings. The third kappa shape index (κ3) is 4.20. The monoisotopic (exact) mass is 252 g/mol. The minimum absolute atomic E-state index is 0.241. The van der Waals surface area contributed by atoms with Gasteiger partial charge in [0.1, 0.15) is 17.5 Å². The first-order valence-electron chi connectivity index (χ1n) is 5.94. The molecule has 0 saturated heterocycles. The van der Waals surface area contributed by atoms with E-state index in [1.54, 1.807) is 0 Å². The molecule has 0 aromatic carbocycles. The highest BCUT2D eigenvalue weighted by Gasteiger charge is 2.07. The van der Waals surface area contributed by atoms with Gasteiger partial charge in [-0.2, -0.15) is 0 Å². The molecule has 100 valence electrons. The molecule has 0 saturated carbocycles. The van der Waals surface area contributed by atoms with Crippen LogP contribution in [-0.4, -0.2) is 36.6 Å². The van der Waals surface area contributed by atoms with E-state index in [2.05, 4.69) is 25.3 Å². The van der Waals surface area contributed by atoms with Gasteiger partial charge in [0.25, 0.3) is 0 Å². The first-order valence-corrected chi connectivity index (χ1v) is 5.94. The Kier molecular flexibility index (Phi) is 5.35. The highest BCUT2D eigenvalue weighted by molar-refractivity contribution is 5.69. The summed E-state index contributed by atoms with van der Waals surface area (Å²) in [5, 5.41) is 6.08. The van der Waals surface area contributed by atoms with Gasteiger partial charge in [0.15, 0.2) is 0 Å². The van der Waals surface area contributed by atoms with Crippen molar-refractivity contribution in [1.82, 2.24) is 9.97 Å². The number of nitrogens with one attached hydrogen (secondary N) is 2. The summed E-state index contributed by atoms with van der Waals surface area (Å²) in [4.78, 5) is 19.7. The molecule has 0 amide bonds. The van der Waals surface area contributed by atoms with Crippen LogP contribution in [0.25, 0.3) is 0 Å². The second-order valence-electron chi connectivity index (χ2n) is 4.15. The molecule has 0 radical (unpaired) electrons. The Bertz CT molecular complexity index is 407. The maximum Gasteiger partial charge on any atom is 0.307 e. The zero-order valence-corrected chi connectivity index (χ0v) is 11.3. The predicted molar refractivity (Wildman–Crippen MR) is 70.8 cm³/mol. The zero-order chi connectivity index (χ0) is 13.5. The number of rotatable bonds is 6. The molecular formula is C12H20N4O2. The molecule has 0 atom stereocenters. The van der Waals surface area contributed by atoms with Crippen LogP contribution in [0, 0.1) is 0 Å². The summed E-state index contributed by atoms with van der Waals surface area (Å²) in [5.74, 6) is 2.24. The fourth-order valence-corrected chi connectivity index (χ4v) is 1.34. The molecule has 2 N–H and O–H groups in total. The fourth-order valence-electron chi connectivity index (χ4n) is 1.34. The lowest BCUT2D eigenvalue weighted by Crippen LogP contribution is -2.12. The number of methoxy groups -OCH3 is 1. The average Bonchev–Trinajstić information content (AvgIpc) is 2.37. The SMILES string of the molecule is CNc1cc(NCCC(=O)OC)nc(C(C)C)n1. The molecule has 1 rings (SSSR count). The molecule has 18 heavy (non-hydrogen) atoms. The molecule has 1 aromatic heterocycles. The minimum Gasteiger partial charge on any atom is -0.469 e. The second-order valence-corrected chi connectivity index (χ2v) is 4.15. The van der Waals surface area contributed by atoms with Gasteiger partial charge in [-0.05, 0) is 0 Å². The summed E-state index contributed by atoms with van der Waals surface area (Å²) in [6.07, 6.45) is 0.312. The summed E-state index contributed by atoms with van der Waals surface area (Å²) in [6.45, 7) is 4.56.